The summed E-state index contributed by atoms with van der Waals surface area (Å²) < 4.78 is 5.61. The highest BCUT2D eigenvalue weighted by Crippen LogP contribution is 2.20. The quantitative estimate of drug-likeness (QED) is 0.521. The third kappa shape index (κ3) is 3.16. The minimum absolute atomic E-state index is 0.00277. The van der Waals surface area contributed by atoms with E-state index in [1.165, 1.54) is 7.11 Å². The fourth-order valence-corrected chi connectivity index (χ4v) is 1.61. The predicted molar refractivity (Wildman–Crippen MR) is 76.4 cm³/mol. The summed E-state index contributed by atoms with van der Waals surface area (Å²) >= 11 is 0. The van der Waals surface area contributed by atoms with Gasteiger partial charge in [0.1, 0.15) is 0 Å². The number of imidazole rings is 1. The van der Waals surface area contributed by atoms with E-state index in [0.717, 1.165) is 4.57 Å². The van der Waals surface area contributed by atoms with Gasteiger partial charge in [-0.2, -0.15) is 0 Å². The first-order valence-corrected chi connectivity index (χ1v) is 6.08. The molecular weight excluding hydrogens is 276 g/mol. The van der Waals surface area contributed by atoms with E-state index in [1.54, 1.807) is 38.1 Å². The highest BCUT2D eigenvalue weighted by molar-refractivity contribution is 5.94. The Labute approximate surface area is 120 Å². The van der Waals surface area contributed by atoms with Crippen molar-refractivity contribution in [1.29, 1.82) is 0 Å². The van der Waals surface area contributed by atoms with E-state index in [4.69, 9.17) is 4.84 Å². The third-order valence-corrected chi connectivity index (χ3v) is 2.45. The molecule has 8 nitrogen and oxygen atoms in total. The summed E-state index contributed by atoms with van der Waals surface area (Å²) in [4.78, 5) is 32.4. The van der Waals surface area contributed by atoms with Crippen LogP contribution in [0.3, 0.4) is 0 Å². The van der Waals surface area contributed by atoms with Gasteiger partial charge in [0.25, 0.3) is 0 Å². The lowest BCUT2D eigenvalue weighted by atomic mass is 10.3. The number of methoxy groups -OCH3 is 1. The van der Waals surface area contributed by atoms with Crippen molar-refractivity contribution in [3.8, 4) is 0 Å². The molecule has 0 spiro atoms. The number of anilines is 1. The fraction of sp³-hybridized carbons (Fsp3) is 0.231. The van der Waals surface area contributed by atoms with Gasteiger partial charge in [0.2, 0.25) is 5.95 Å². The number of rotatable bonds is 2. The van der Waals surface area contributed by atoms with Crippen LogP contribution in [0.1, 0.15) is 13.8 Å². The standard InChI is InChI=1S/C13H14N4O4/c1-8(2)16-21-13(19)17-10-7-5-4-6-9(10)14-11(17)15-12(18)20-3/h4-7H,1-3H3,(H,14,15,18). The van der Waals surface area contributed by atoms with E-state index in [-0.39, 0.29) is 5.95 Å². The molecule has 1 heterocycles. The summed E-state index contributed by atoms with van der Waals surface area (Å²) in [6.45, 7) is 3.37. The number of carbonyl (C=O) groups is 2. The number of carbonyl (C=O) groups excluding carboxylic acids is 2. The van der Waals surface area contributed by atoms with Crippen molar-refractivity contribution < 1.29 is 19.2 Å². The van der Waals surface area contributed by atoms with Crippen molar-refractivity contribution in [2.75, 3.05) is 12.4 Å². The van der Waals surface area contributed by atoms with Gasteiger partial charge < -0.3 is 4.74 Å². The summed E-state index contributed by atoms with van der Waals surface area (Å²) in [5, 5.41) is 5.96. The summed E-state index contributed by atoms with van der Waals surface area (Å²) in [5.74, 6) is -0.00277. The van der Waals surface area contributed by atoms with Crippen LogP contribution in [0.25, 0.3) is 11.0 Å². The molecular formula is C13H14N4O4. The normalized spacial score (nSPS) is 10.0. The van der Waals surface area contributed by atoms with Gasteiger partial charge in [0.05, 0.1) is 23.9 Å². The number of nitrogens with zero attached hydrogens (tertiary/aromatic N) is 3. The zero-order valence-electron chi connectivity index (χ0n) is 11.8. The van der Waals surface area contributed by atoms with Crippen LogP contribution in [0.15, 0.2) is 29.4 Å². The van der Waals surface area contributed by atoms with Crippen LogP contribution < -0.4 is 5.32 Å². The van der Waals surface area contributed by atoms with Crippen LogP contribution in [-0.4, -0.2) is 34.6 Å². The van der Waals surface area contributed by atoms with Gasteiger partial charge in [-0.05, 0) is 26.0 Å². The van der Waals surface area contributed by atoms with Gasteiger partial charge in [-0.15, -0.1) is 0 Å². The largest absolute Gasteiger partial charge is 0.453 e. The number of fused-ring (bicyclic) bond motifs is 1. The number of nitrogens with one attached hydrogen (secondary N) is 1. The van der Waals surface area contributed by atoms with Crippen molar-refractivity contribution in [2.24, 2.45) is 5.16 Å². The summed E-state index contributed by atoms with van der Waals surface area (Å²) in [6, 6.07) is 6.88. The van der Waals surface area contributed by atoms with Crippen LogP contribution in [-0.2, 0) is 9.57 Å². The van der Waals surface area contributed by atoms with Gasteiger partial charge in [0, 0.05) is 0 Å². The number of para-hydroxylation sites is 2. The summed E-state index contributed by atoms with van der Waals surface area (Å²) in [5.41, 5.74) is 1.59. The maximum atomic E-state index is 12.1. The Morgan fingerprint density at radius 1 is 1.29 bits per heavy atom. The number of hydrogen-bond donors (Lipinski definition) is 1. The molecule has 0 unspecified atom stereocenters. The molecule has 2 aromatic rings. The number of oxime groups is 1. The molecule has 2 rings (SSSR count). The highest BCUT2D eigenvalue weighted by Gasteiger charge is 2.20. The molecule has 110 valence electrons. The first-order chi connectivity index (χ1) is 10.0. The smallest absolute Gasteiger partial charge is 0.447 e. The molecule has 0 bridgehead atoms. The Hall–Kier alpha value is -2.90. The number of benzene rings is 1. The number of amides is 1. The molecule has 0 atom stereocenters. The Morgan fingerprint density at radius 3 is 2.67 bits per heavy atom. The van der Waals surface area contributed by atoms with Gasteiger partial charge in [-0.1, -0.05) is 17.3 Å². The second-order valence-corrected chi connectivity index (χ2v) is 4.27. The topological polar surface area (TPSA) is 94.8 Å². The summed E-state index contributed by atoms with van der Waals surface area (Å²) in [6.07, 6.45) is -1.52. The van der Waals surface area contributed by atoms with E-state index in [9.17, 15) is 9.59 Å². The predicted octanol–water partition coefficient (Wildman–Crippen LogP) is 2.60. The van der Waals surface area contributed by atoms with Gasteiger partial charge in [-0.25, -0.2) is 19.1 Å². The van der Waals surface area contributed by atoms with Crippen LogP contribution in [0.5, 0.6) is 0 Å². The minimum atomic E-state index is -0.781. The molecule has 1 amide bonds. The molecule has 21 heavy (non-hydrogen) atoms. The second-order valence-electron chi connectivity index (χ2n) is 4.27. The highest BCUT2D eigenvalue weighted by atomic mass is 16.7. The zero-order chi connectivity index (χ0) is 15.4. The van der Waals surface area contributed by atoms with Gasteiger partial charge in [0.15, 0.2) is 0 Å². The van der Waals surface area contributed by atoms with Crippen molar-refractivity contribution in [3.05, 3.63) is 24.3 Å². The zero-order valence-corrected chi connectivity index (χ0v) is 11.8. The Bertz CT molecular complexity index is 716. The SMILES string of the molecule is COC(=O)Nc1nc2ccccc2n1C(=O)ON=C(C)C. The lowest BCUT2D eigenvalue weighted by molar-refractivity contribution is 0.153. The number of ether oxygens (including phenoxy) is 1. The molecule has 1 aromatic heterocycles. The van der Waals surface area contributed by atoms with Crippen molar-refractivity contribution in [1.82, 2.24) is 9.55 Å². The third-order valence-electron chi connectivity index (χ3n) is 2.45. The Morgan fingerprint density at radius 2 is 2.00 bits per heavy atom. The molecule has 1 aromatic carbocycles. The molecule has 0 aliphatic heterocycles. The van der Waals surface area contributed by atoms with Gasteiger partial charge in [-0.3, -0.25) is 10.2 Å². The van der Waals surface area contributed by atoms with Crippen molar-refractivity contribution in [3.63, 3.8) is 0 Å². The monoisotopic (exact) mass is 290 g/mol. The number of hydrogen-bond acceptors (Lipinski definition) is 6. The Kier molecular flexibility index (Phi) is 4.17. The molecule has 0 aliphatic rings. The number of aromatic nitrogens is 2. The fourth-order valence-electron chi connectivity index (χ4n) is 1.61. The molecule has 0 saturated carbocycles. The molecule has 0 fully saturated rings. The average Bonchev–Trinajstić information content (AvgIpc) is 2.82. The van der Waals surface area contributed by atoms with E-state index in [2.05, 4.69) is 20.2 Å². The van der Waals surface area contributed by atoms with Crippen LogP contribution >= 0.6 is 0 Å². The maximum absolute atomic E-state index is 12.1. The Balaban J connectivity index is 2.47. The van der Waals surface area contributed by atoms with Crippen LogP contribution in [0.4, 0.5) is 15.5 Å². The van der Waals surface area contributed by atoms with Crippen LogP contribution in [0.2, 0.25) is 0 Å². The lowest BCUT2D eigenvalue weighted by Gasteiger charge is -2.06. The minimum Gasteiger partial charge on any atom is -0.453 e. The van der Waals surface area contributed by atoms with Crippen molar-refractivity contribution >= 4 is 34.9 Å². The molecule has 8 heteroatoms. The van der Waals surface area contributed by atoms with E-state index in [1.807, 2.05) is 0 Å². The first-order valence-electron chi connectivity index (χ1n) is 6.08. The van der Waals surface area contributed by atoms with E-state index in [0.29, 0.717) is 16.7 Å². The maximum Gasteiger partial charge on any atom is 0.447 e. The van der Waals surface area contributed by atoms with Crippen molar-refractivity contribution in [2.45, 2.75) is 13.8 Å². The molecule has 0 radical (unpaired) electrons. The van der Waals surface area contributed by atoms with Gasteiger partial charge >= 0.3 is 12.2 Å². The molecule has 1 N–H and O–H groups in total. The van der Waals surface area contributed by atoms with E-state index < -0.39 is 12.2 Å². The second kappa shape index (κ2) is 6.04. The molecule has 0 aliphatic carbocycles. The summed E-state index contributed by atoms with van der Waals surface area (Å²) in [7, 11) is 1.21. The average molecular weight is 290 g/mol. The lowest BCUT2D eigenvalue weighted by Crippen LogP contribution is -2.19. The first kappa shape index (κ1) is 14.5. The molecule has 0 saturated heterocycles. The van der Waals surface area contributed by atoms with Crippen LogP contribution in [0, 0.1) is 0 Å². The van der Waals surface area contributed by atoms with E-state index >= 15 is 0 Å².